The van der Waals surface area contributed by atoms with Crippen molar-refractivity contribution in [2.75, 3.05) is 23.8 Å². The van der Waals surface area contributed by atoms with Crippen molar-refractivity contribution in [2.24, 2.45) is 0 Å². The van der Waals surface area contributed by atoms with Crippen LogP contribution in [0.25, 0.3) is 0 Å². The molecule has 39 heavy (non-hydrogen) atoms. The normalized spacial score (nSPS) is 14.1. The van der Waals surface area contributed by atoms with Crippen LogP contribution in [0, 0.1) is 0 Å². The molecular weight excluding hydrogens is 539 g/mol. The zero-order chi connectivity index (χ0) is 28.9. The molecule has 0 saturated heterocycles. The summed E-state index contributed by atoms with van der Waals surface area (Å²) in [4.78, 5) is 38.3. The van der Waals surface area contributed by atoms with Crippen molar-refractivity contribution in [2.45, 2.75) is 39.8 Å². The first-order valence-corrected chi connectivity index (χ1v) is 12.3. The van der Waals surface area contributed by atoms with Crippen LogP contribution in [0.5, 0.6) is 0 Å². The van der Waals surface area contributed by atoms with E-state index in [1.54, 1.807) is 39.8 Å². The second kappa shape index (κ2) is 12.2. The average Bonchev–Trinajstić information content (AvgIpc) is 2.85. The van der Waals surface area contributed by atoms with Gasteiger partial charge in [0.2, 0.25) is 0 Å². The van der Waals surface area contributed by atoms with Crippen LogP contribution in [-0.2, 0) is 25.2 Å². The van der Waals surface area contributed by atoms with Gasteiger partial charge in [0.25, 0.3) is 0 Å². The van der Waals surface area contributed by atoms with Crippen LogP contribution in [0.3, 0.4) is 0 Å². The van der Waals surface area contributed by atoms with E-state index in [2.05, 4.69) is 16.0 Å². The summed E-state index contributed by atoms with van der Waals surface area (Å²) >= 11 is 5.95. The maximum absolute atomic E-state index is 13.0. The maximum Gasteiger partial charge on any atom is 0.416 e. The summed E-state index contributed by atoms with van der Waals surface area (Å²) in [7, 11) is 0. The lowest BCUT2D eigenvalue weighted by atomic mass is 9.80. The molecule has 8 nitrogen and oxygen atoms in total. The van der Waals surface area contributed by atoms with Gasteiger partial charge in [-0.2, -0.15) is 13.2 Å². The molecule has 0 bridgehead atoms. The Hall–Kier alpha value is -3.99. The molecule has 2 aromatic rings. The van der Waals surface area contributed by atoms with E-state index >= 15 is 0 Å². The molecule has 0 spiro atoms. The number of hydrogen-bond acceptors (Lipinski definition) is 6. The van der Waals surface area contributed by atoms with Crippen LogP contribution in [0.2, 0.25) is 5.02 Å². The summed E-state index contributed by atoms with van der Waals surface area (Å²) in [5, 5.41) is 7.81. The van der Waals surface area contributed by atoms with Gasteiger partial charge in [-0.05, 0) is 63.6 Å². The number of ether oxygens (including phenoxy) is 2. The van der Waals surface area contributed by atoms with Gasteiger partial charge in [0.15, 0.2) is 0 Å². The van der Waals surface area contributed by atoms with Crippen molar-refractivity contribution in [3.63, 3.8) is 0 Å². The zero-order valence-electron chi connectivity index (χ0n) is 21.6. The lowest BCUT2D eigenvalue weighted by Gasteiger charge is -2.30. The van der Waals surface area contributed by atoms with E-state index in [9.17, 15) is 27.6 Å². The van der Waals surface area contributed by atoms with Crippen LogP contribution < -0.4 is 16.0 Å². The molecule has 1 aliphatic rings. The molecule has 3 rings (SSSR count). The number of nitrogens with one attached hydrogen (secondary N) is 3. The fraction of sp³-hybridized carbons (Fsp3) is 0.296. The molecule has 0 unspecified atom stereocenters. The maximum atomic E-state index is 13.0. The Morgan fingerprint density at radius 1 is 0.897 bits per heavy atom. The van der Waals surface area contributed by atoms with Gasteiger partial charge < -0.3 is 25.4 Å². The van der Waals surface area contributed by atoms with E-state index in [0.29, 0.717) is 22.6 Å². The molecule has 0 atom stereocenters. The predicted molar refractivity (Wildman–Crippen MR) is 140 cm³/mol. The number of benzene rings is 2. The third-order valence-corrected chi connectivity index (χ3v) is 6.12. The first-order valence-electron chi connectivity index (χ1n) is 11.9. The molecule has 1 heterocycles. The summed E-state index contributed by atoms with van der Waals surface area (Å²) in [6.45, 7) is 7.00. The number of dihydropyridines is 1. The second-order valence-corrected chi connectivity index (χ2v) is 8.88. The van der Waals surface area contributed by atoms with E-state index < -0.39 is 35.6 Å². The van der Waals surface area contributed by atoms with E-state index in [1.807, 2.05) is 0 Å². The van der Waals surface area contributed by atoms with E-state index in [0.717, 1.165) is 18.2 Å². The van der Waals surface area contributed by atoms with Gasteiger partial charge in [-0.25, -0.2) is 14.4 Å². The van der Waals surface area contributed by atoms with Gasteiger partial charge in [0, 0.05) is 17.1 Å². The number of carbonyl (C=O) groups excluding carboxylic acids is 3. The van der Waals surface area contributed by atoms with Gasteiger partial charge in [-0.15, -0.1) is 0 Å². The summed E-state index contributed by atoms with van der Waals surface area (Å²) in [6, 6.07) is 8.05. The number of halogens is 4. The molecule has 2 amide bonds. The summed E-state index contributed by atoms with van der Waals surface area (Å²) < 4.78 is 49.6. The van der Waals surface area contributed by atoms with Crippen molar-refractivity contribution in [1.82, 2.24) is 5.32 Å². The number of rotatable bonds is 7. The van der Waals surface area contributed by atoms with Crippen LogP contribution in [0.4, 0.5) is 29.3 Å². The van der Waals surface area contributed by atoms with Crippen molar-refractivity contribution in [1.29, 1.82) is 0 Å². The number of esters is 2. The van der Waals surface area contributed by atoms with E-state index in [1.165, 1.54) is 12.1 Å². The third kappa shape index (κ3) is 6.91. The smallest absolute Gasteiger partial charge is 0.416 e. The van der Waals surface area contributed by atoms with E-state index in [4.69, 9.17) is 21.1 Å². The lowest BCUT2D eigenvalue weighted by Crippen LogP contribution is -2.32. The van der Waals surface area contributed by atoms with Crippen molar-refractivity contribution in [3.8, 4) is 0 Å². The zero-order valence-corrected chi connectivity index (χ0v) is 22.3. The number of anilines is 2. The van der Waals surface area contributed by atoms with Gasteiger partial charge in [0.1, 0.15) is 0 Å². The molecule has 208 valence electrons. The fourth-order valence-corrected chi connectivity index (χ4v) is 4.29. The van der Waals surface area contributed by atoms with Gasteiger partial charge in [-0.3, -0.25) is 0 Å². The Morgan fingerprint density at radius 3 is 1.92 bits per heavy atom. The molecule has 12 heteroatoms. The Balaban J connectivity index is 1.88. The van der Waals surface area contributed by atoms with Crippen LogP contribution >= 0.6 is 11.6 Å². The molecule has 1 aliphatic heterocycles. The minimum atomic E-state index is -4.60. The lowest BCUT2D eigenvalue weighted by molar-refractivity contribution is -0.140. The minimum absolute atomic E-state index is 0.0679. The molecule has 0 aromatic heterocycles. The minimum Gasteiger partial charge on any atom is -0.463 e. The third-order valence-electron chi connectivity index (χ3n) is 5.79. The number of carbonyl (C=O) groups is 3. The largest absolute Gasteiger partial charge is 0.463 e. The van der Waals surface area contributed by atoms with Crippen LogP contribution in [-0.4, -0.2) is 31.2 Å². The number of alkyl halides is 3. The highest BCUT2D eigenvalue weighted by Gasteiger charge is 2.38. The van der Waals surface area contributed by atoms with Crippen molar-refractivity contribution < 1.29 is 37.0 Å². The van der Waals surface area contributed by atoms with Crippen LogP contribution in [0.1, 0.15) is 44.7 Å². The van der Waals surface area contributed by atoms with E-state index in [-0.39, 0.29) is 35.1 Å². The number of allylic oxidation sites excluding steroid dienone is 2. The highest BCUT2D eigenvalue weighted by atomic mass is 35.5. The Kier molecular flexibility index (Phi) is 9.28. The predicted octanol–water partition coefficient (Wildman–Crippen LogP) is 6.36. The highest BCUT2D eigenvalue weighted by molar-refractivity contribution is 6.33. The highest BCUT2D eigenvalue weighted by Crippen LogP contribution is 2.40. The summed E-state index contributed by atoms with van der Waals surface area (Å²) in [5.74, 6) is -2.00. The summed E-state index contributed by atoms with van der Waals surface area (Å²) in [6.07, 6.45) is -4.60. The molecule has 0 radical (unpaired) electrons. The van der Waals surface area contributed by atoms with Gasteiger partial charge in [0.05, 0.1) is 46.6 Å². The number of urea groups is 1. The topological polar surface area (TPSA) is 106 Å². The molecule has 3 N–H and O–H groups in total. The SMILES string of the molecule is CCOC(=O)C1=C(C)NC(C)=C(C(=O)OCC)C1c1ccc(NC(=O)Nc2cc(C(F)(F)F)ccc2Cl)cc1. The summed E-state index contributed by atoms with van der Waals surface area (Å²) in [5.41, 5.74) is 1.18. The molecule has 0 fully saturated rings. The molecule has 0 aliphatic carbocycles. The Bertz CT molecular complexity index is 1300. The van der Waals surface area contributed by atoms with Gasteiger partial charge in [-0.1, -0.05) is 23.7 Å². The standard InChI is InChI=1S/C27H27ClF3N3O5/c1-5-38-24(35)21-14(3)32-15(4)22(25(36)39-6-2)23(21)16-7-10-18(11-8-16)33-26(37)34-20-13-17(27(29,30)31)9-12-19(20)28/h7-13,23,32H,5-6H2,1-4H3,(H2,33,34,37). The Morgan fingerprint density at radius 2 is 1.44 bits per heavy atom. The monoisotopic (exact) mass is 565 g/mol. The molecule has 0 saturated carbocycles. The first-order chi connectivity index (χ1) is 18.4. The van der Waals surface area contributed by atoms with Crippen molar-refractivity contribution >= 4 is 40.9 Å². The Labute approximate surface area is 228 Å². The van der Waals surface area contributed by atoms with Crippen molar-refractivity contribution in [3.05, 3.63) is 81.2 Å². The number of amides is 2. The second-order valence-electron chi connectivity index (χ2n) is 8.47. The van der Waals surface area contributed by atoms with Crippen LogP contribution in [0.15, 0.2) is 65.0 Å². The fourth-order valence-electron chi connectivity index (χ4n) is 4.13. The average molecular weight is 566 g/mol. The first kappa shape index (κ1) is 29.6. The molecular formula is C27H27ClF3N3O5. The quantitative estimate of drug-likeness (QED) is 0.337. The van der Waals surface area contributed by atoms with Gasteiger partial charge >= 0.3 is 24.1 Å². The number of hydrogen-bond donors (Lipinski definition) is 3. The molecule has 2 aromatic carbocycles.